The minimum absolute atomic E-state index is 0. The molecule has 0 N–H and O–H groups in total. The first-order valence-electron chi connectivity index (χ1n) is 2.98. The van der Waals surface area contributed by atoms with Gasteiger partial charge >= 0.3 is 0 Å². The van der Waals surface area contributed by atoms with Gasteiger partial charge in [0.15, 0.2) is 0 Å². The zero-order chi connectivity index (χ0) is 6.24. The minimum atomic E-state index is 0. The number of hydrogen-bond acceptors (Lipinski definition) is 2. The maximum Gasteiger partial charge on any atom is 0.0700 e. The van der Waals surface area contributed by atoms with Crippen molar-refractivity contribution in [3.05, 3.63) is 0 Å². The molecule has 0 saturated heterocycles. The molecule has 2 nitrogen and oxygen atoms in total. The summed E-state index contributed by atoms with van der Waals surface area (Å²) in [7, 11) is 1.68. The van der Waals surface area contributed by atoms with Gasteiger partial charge < -0.3 is 9.47 Å². The Morgan fingerprint density at radius 3 is 2.22 bits per heavy atom. The van der Waals surface area contributed by atoms with Crippen molar-refractivity contribution in [3.63, 3.8) is 0 Å². The van der Waals surface area contributed by atoms with Crippen LogP contribution in [0.25, 0.3) is 0 Å². The zero-order valence-electron chi connectivity index (χ0n) is 5.93. The molecule has 62 valence electrons. The summed E-state index contributed by atoms with van der Waals surface area (Å²) >= 11 is 0. The fourth-order valence-electron chi connectivity index (χ4n) is 0.389. The molecule has 0 unspecified atom stereocenters. The average Bonchev–Trinajstić information content (AvgIpc) is 1.81. The molecule has 0 aliphatic carbocycles. The topological polar surface area (TPSA) is 18.5 Å². The van der Waals surface area contributed by atoms with Gasteiger partial charge in [-0.1, -0.05) is 6.92 Å². The van der Waals surface area contributed by atoms with Crippen molar-refractivity contribution in [3.8, 4) is 0 Å². The molecule has 0 aromatic heterocycles. The van der Waals surface area contributed by atoms with Gasteiger partial charge in [-0.15, -0.1) is 0 Å². The minimum Gasteiger partial charge on any atom is -0.382 e. The van der Waals surface area contributed by atoms with Crippen LogP contribution in [0.2, 0.25) is 0 Å². The maximum absolute atomic E-state index is 5.10. The number of rotatable bonds is 5. The Morgan fingerprint density at radius 1 is 1.11 bits per heavy atom. The van der Waals surface area contributed by atoms with E-state index in [0.29, 0.717) is 6.61 Å². The molecule has 0 aromatic carbocycles. The quantitative estimate of drug-likeness (QED) is 0.703. The number of methoxy groups -OCH3 is 1. The van der Waals surface area contributed by atoms with Gasteiger partial charge in [-0.3, -0.25) is 0 Å². The number of ether oxygens (including phenoxy) is 2. The summed E-state index contributed by atoms with van der Waals surface area (Å²) in [5.74, 6) is 0. The van der Waals surface area contributed by atoms with Crippen molar-refractivity contribution in [2.24, 2.45) is 0 Å². The summed E-state index contributed by atoms with van der Waals surface area (Å²) < 4.78 is 9.86. The molecule has 0 aliphatic heterocycles. The van der Waals surface area contributed by atoms with Gasteiger partial charge in [0, 0.05) is 51.0 Å². The van der Waals surface area contributed by atoms with E-state index >= 15 is 0 Å². The van der Waals surface area contributed by atoms with E-state index in [-0.39, 0.29) is 37.3 Å². The summed E-state index contributed by atoms with van der Waals surface area (Å²) in [5, 5.41) is 0. The van der Waals surface area contributed by atoms with Gasteiger partial charge in [-0.25, -0.2) is 0 Å². The third-order valence-corrected chi connectivity index (χ3v) is 0.780. The van der Waals surface area contributed by atoms with E-state index in [4.69, 9.17) is 9.47 Å². The van der Waals surface area contributed by atoms with Crippen LogP contribution >= 0.6 is 0 Å². The summed E-state index contributed by atoms with van der Waals surface area (Å²) in [6, 6.07) is 0. The Kier molecular flexibility index (Phi) is 16.9. The molecule has 0 fully saturated rings. The number of hydrogen-bond donors (Lipinski definition) is 0. The van der Waals surface area contributed by atoms with Crippen molar-refractivity contribution in [1.82, 2.24) is 0 Å². The van der Waals surface area contributed by atoms with Gasteiger partial charge in [-0.05, 0) is 6.42 Å². The normalized spacial score (nSPS) is 8.67. The van der Waals surface area contributed by atoms with Gasteiger partial charge in [0.1, 0.15) is 0 Å². The van der Waals surface area contributed by atoms with E-state index in [9.17, 15) is 0 Å². The third-order valence-electron chi connectivity index (χ3n) is 0.780. The second-order valence-electron chi connectivity index (χ2n) is 1.61. The second kappa shape index (κ2) is 11.9. The first-order valence-corrected chi connectivity index (χ1v) is 2.98. The third kappa shape index (κ3) is 12.4. The van der Waals surface area contributed by atoms with Gasteiger partial charge in [0.05, 0.1) is 13.2 Å². The van der Waals surface area contributed by atoms with E-state index in [1.807, 2.05) is 0 Å². The van der Waals surface area contributed by atoms with Crippen molar-refractivity contribution in [2.45, 2.75) is 13.3 Å². The first-order chi connectivity index (χ1) is 3.91. The van der Waals surface area contributed by atoms with Gasteiger partial charge in [0.2, 0.25) is 0 Å². The monoisotopic (exact) mass is 284 g/mol. The van der Waals surface area contributed by atoms with Crippen LogP contribution in [0, 0.1) is 37.3 Å². The van der Waals surface area contributed by atoms with Crippen LogP contribution < -0.4 is 0 Å². The van der Waals surface area contributed by atoms with Crippen molar-refractivity contribution in [1.29, 1.82) is 0 Å². The molecule has 0 rings (SSSR count). The molecule has 9 heavy (non-hydrogen) atoms. The van der Waals surface area contributed by atoms with Crippen LogP contribution in [0.15, 0.2) is 0 Å². The molecule has 0 aromatic rings. The Labute approximate surface area is 86.5 Å². The van der Waals surface area contributed by atoms with Crippen LogP contribution in [0.4, 0.5) is 0 Å². The molecule has 0 atom stereocenters. The fraction of sp³-hybridized carbons (Fsp3) is 1.00. The van der Waals surface area contributed by atoms with Gasteiger partial charge in [0.25, 0.3) is 0 Å². The Balaban J connectivity index is 0. The summed E-state index contributed by atoms with van der Waals surface area (Å²) in [5.41, 5.74) is 0. The second-order valence-corrected chi connectivity index (χ2v) is 1.61. The molecular weight excluding hydrogens is 271 g/mol. The Morgan fingerprint density at radius 2 is 1.78 bits per heavy atom. The van der Waals surface area contributed by atoms with Gasteiger partial charge in [-0.2, -0.15) is 0 Å². The van der Waals surface area contributed by atoms with Crippen molar-refractivity contribution >= 4 is 0 Å². The first kappa shape index (κ1) is 12.8. The van der Waals surface area contributed by atoms with Crippen LogP contribution in [-0.4, -0.2) is 26.9 Å². The van der Waals surface area contributed by atoms with Crippen LogP contribution in [0.3, 0.4) is 0 Å². The average molecular weight is 285 g/mol. The molecule has 0 aliphatic rings. The van der Waals surface area contributed by atoms with E-state index < -0.39 is 0 Å². The summed E-state index contributed by atoms with van der Waals surface area (Å²) in [6.45, 7) is 4.38. The van der Waals surface area contributed by atoms with Crippen LogP contribution in [0.5, 0.6) is 0 Å². The molecule has 0 bridgehead atoms. The molecule has 0 radical (unpaired) electrons. The van der Waals surface area contributed by atoms with Crippen molar-refractivity contribution in [2.75, 3.05) is 26.9 Å². The smallest absolute Gasteiger partial charge is 0.0700 e. The van der Waals surface area contributed by atoms with E-state index in [2.05, 4.69) is 6.92 Å². The SMILES string of the molecule is CCCOCCOC.[Er]. The van der Waals surface area contributed by atoms with Crippen LogP contribution in [0.1, 0.15) is 13.3 Å². The van der Waals surface area contributed by atoms with E-state index in [1.54, 1.807) is 7.11 Å². The molecule has 0 heterocycles. The standard InChI is InChI=1S/C6H14O2.Er/c1-3-4-8-6-5-7-2;/h3-6H2,1-2H3;. The molecular formula is C6H14ErO2. The summed E-state index contributed by atoms with van der Waals surface area (Å²) in [4.78, 5) is 0. The maximum atomic E-state index is 5.10. The summed E-state index contributed by atoms with van der Waals surface area (Å²) in [6.07, 6.45) is 1.09. The Hall–Kier alpha value is 1.17. The van der Waals surface area contributed by atoms with E-state index in [0.717, 1.165) is 19.6 Å². The van der Waals surface area contributed by atoms with E-state index in [1.165, 1.54) is 0 Å². The fourth-order valence-corrected chi connectivity index (χ4v) is 0.389. The molecule has 0 spiro atoms. The zero-order valence-corrected chi connectivity index (χ0v) is 7.79. The Bertz CT molecular complexity index is 36.0. The molecule has 0 saturated carbocycles. The largest absolute Gasteiger partial charge is 0.382 e. The van der Waals surface area contributed by atoms with Crippen molar-refractivity contribution < 1.29 is 46.8 Å². The predicted molar refractivity (Wildman–Crippen MR) is 33.0 cm³/mol. The molecule has 3 heteroatoms. The predicted octanol–water partition coefficient (Wildman–Crippen LogP) is 1.06. The van der Waals surface area contributed by atoms with Crippen LogP contribution in [-0.2, 0) is 9.47 Å². The molecule has 0 amide bonds.